The van der Waals surface area contributed by atoms with E-state index in [4.69, 9.17) is 0 Å². The lowest BCUT2D eigenvalue weighted by Crippen LogP contribution is -2.10. The predicted molar refractivity (Wildman–Crippen MR) is 73.0 cm³/mol. The monoisotopic (exact) mass is 237 g/mol. The molecule has 0 saturated heterocycles. The molecule has 0 amide bonds. The van der Waals surface area contributed by atoms with Gasteiger partial charge in [-0.2, -0.15) is 0 Å². The molecule has 0 N–H and O–H groups in total. The number of carbonyl (C=O) groups excluding carboxylic acids is 1. The number of rotatable bonds is 0. The van der Waals surface area contributed by atoms with E-state index in [1.165, 1.54) is 0 Å². The van der Waals surface area contributed by atoms with E-state index in [-0.39, 0.29) is 5.78 Å². The minimum absolute atomic E-state index is 0.0723. The Labute approximate surface area is 107 Å². The number of allylic oxidation sites excluding steroid dienone is 4. The number of hydrogen-bond donors (Lipinski definition) is 0. The van der Waals surface area contributed by atoms with Gasteiger partial charge in [-0.1, -0.05) is 36.4 Å². The molecule has 3 rings (SSSR count). The number of aryl methyl sites for hydroxylation is 1. The average Bonchev–Trinajstić information content (AvgIpc) is 2.62. The van der Waals surface area contributed by atoms with Gasteiger partial charge in [0.1, 0.15) is 5.70 Å². The molecule has 0 radical (unpaired) electrons. The average molecular weight is 237 g/mol. The van der Waals surface area contributed by atoms with Gasteiger partial charge in [-0.3, -0.25) is 9.79 Å². The summed E-state index contributed by atoms with van der Waals surface area (Å²) in [6, 6.07) is 7.89. The molecule has 0 aromatic heterocycles. The van der Waals surface area contributed by atoms with Crippen molar-refractivity contribution in [3.63, 3.8) is 0 Å². The third-order valence-corrected chi connectivity index (χ3v) is 3.45. The van der Waals surface area contributed by atoms with Crippen molar-refractivity contribution < 1.29 is 4.79 Å². The molecule has 0 spiro atoms. The van der Waals surface area contributed by atoms with Crippen molar-refractivity contribution >= 4 is 12.0 Å². The number of carbonyl (C=O) groups is 1. The second-order valence-electron chi connectivity index (χ2n) is 4.66. The number of aliphatic imine (C=N–C) groups is 1. The Morgan fingerprint density at radius 1 is 1.11 bits per heavy atom. The quantitative estimate of drug-likeness (QED) is 0.679. The Morgan fingerprint density at radius 3 is 2.94 bits per heavy atom. The molecule has 0 saturated carbocycles. The van der Waals surface area contributed by atoms with E-state index in [1.54, 1.807) is 0 Å². The fraction of sp³-hybridized carbons (Fsp3) is 0.250. The van der Waals surface area contributed by atoms with Gasteiger partial charge in [0.05, 0.1) is 0 Å². The van der Waals surface area contributed by atoms with Crippen molar-refractivity contribution in [2.75, 3.05) is 0 Å². The van der Waals surface area contributed by atoms with Crippen molar-refractivity contribution in [3.8, 4) is 0 Å². The van der Waals surface area contributed by atoms with Crippen LogP contribution in [0.15, 0.2) is 52.7 Å². The van der Waals surface area contributed by atoms with Gasteiger partial charge in [0.15, 0.2) is 0 Å². The Hall–Kier alpha value is -1.96. The molecular formula is C16H15NO. The number of fused-ring (bicyclic) bond motifs is 1. The smallest absolute Gasteiger partial charge is 0.211 e. The highest BCUT2D eigenvalue weighted by atomic mass is 16.1. The first-order chi connectivity index (χ1) is 8.86. The first-order valence-corrected chi connectivity index (χ1v) is 6.41. The summed E-state index contributed by atoms with van der Waals surface area (Å²) in [5.74, 6) is 0.0723. The summed E-state index contributed by atoms with van der Waals surface area (Å²) >= 11 is 0. The van der Waals surface area contributed by atoms with Crippen molar-refractivity contribution in [2.45, 2.75) is 25.7 Å². The molecule has 90 valence electrons. The lowest BCUT2D eigenvalue weighted by Gasteiger charge is -2.15. The molecule has 2 nitrogen and oxygen atoms in total. The first-order valence-electron chi connectivity index (χ1n) is 6.41. The Morgan fingerprint density at radius 2 is 2.00 bits per heavy atom. The van der Waals surface area contributed by atoms with Gasteiger partial charge in [-0.15, -0.1) is 0 Å². The molecule has 1 aromatic rings. The van der Waals surface area contributed by atoms with Gasteiger partial charge in [-0.25, -0.2) is 0 Å². The van der Waals surface area contributed by atoms with Gasteiger partial charge in [-0.05, 0) is 30.4 Å². The lowest BCUT2D eigenvalue weighted by atomic mass is 9.91. The second-order valence-corrected chi connectivity index (χ2v) is 4.66. The molecule has 1 aliphatic carbocycles. The van der Waals surface area contributed by atoms with Gasteiger partial charge in [0.25, 0.3) is 0 Å². The van der Waals surface area contributed by atoms with Crippen LogP contribution in [-0.4, -0.2) is 12.0 Å². The van der Waals surface area contributed by atoms with E-state index in [0.29, 0.717) is 5.70 Å². The maximum atomic E-state index is 12.6. The minimum atomic E-state index is 0.0723. The summed E-state index contributed by atoms with van der Waals surface area (Å²) in [6.45, 7) is 0. The molecule has 2 aliphatic rings. The molecule has 0 unspecified atom stereocenters. The summed E-state index contributed by atoms with van der Waals surface area (Å²) < 4.78 is 0. The zero-order valence-corrected chi connectivity index (χ0v) is 10.2. The normalized spacial score (nSPS) is 18.8. The molecule has 0 fully saturated rings. The van der Waals surface area contributed by atoms with Crippen LogP contribution in [0.1, 0.15) is 35.2 Å². The summed E-state index contributed by atoms with van der Waals surface area (Å²) in [5, 5.41) is 0. The minimum Gasteiger partial charge on any atom is -0.287 e. The van der Waals surface area contributed by atoms with Crippen LogP contribution < -0.4 is 0 Å². The summed E-state index contributed by atoms with van der Waals surface area (Å²) in [5.41, 5.74) is 3.69. The summed E-state index contributed by atoms with van der Waals surface area (Å²) in [7, 11) is 0. The van der Waals surface area contributed by atoms with Crippen LogP contribution in [0.4, 0.5) is 0 Å². The largest absolute Gasteiger partial charge is 0.287 e. The van der Waals surface area contributed by atoms with Crippen molar-refractivity contribution in [2.24, 2.45) is 4.99 Å². The van der Waals surface area contributed by atoms with Gasteiger partial charge in [0.2, 0.25) is 5.78 Å². The molecule has 1 aromatic carbocycles. The number of nitrogens with zero attached hydrogens (tertiary/aromatic N) is 1. The molecule has 2 heteroatoms. The Balaban J connectivity index is 2.15. The van der Waals surface area contributed by atoms with Crippen molar-refractivity contribution in [1.29, 1.82) is 0 Å². The molecular weight excluding hydrogens is 222 g/mol. The van der Waals surface area contributed by atoms with Crippen LogP contribution in [0, 0.1) is 0 Å². The highest BCUT2D eigenvalue weighted by Gasteiger charge is 2.21. The Bertz CT molecular complexity index is 579. The second kappa shape index (κ2) is 4.73. The molecule has 0 atom stereocenters. The number of hydrogen-bond acceptors (Lipinski definition) is 2. The van der Waals surface area contributed by atoms with Crippen LogP contribution >= 0.6 is 0 Å². The van der Waals surface area contributed by atoms with E-state index < -0.39 is 0 Å². The summed E-state index contributed by atoms with van der Waals surface area (Å²) in [4.78, 5) is 16.9. The van der Waals surface area contributed by atoms with Gasteiger partial charge in [0, 0.05) is 18.2 Å². The number of benzene rings is 1. The van der Waals surface area contributed by atoms with Crippen LogP contribution in [0.5, 0.6) is 0 Å². The maximum Gasteiger partial charge on any atom is 0.211 e. The third kappa shape index (κ3) is 1.94. The van der Waals surface area contributed by atoms with Gasteiger partial charge < -0.3 is 0 Å². The number of Topliss-reactive ketones (excluding diaryl/α,β-unsaturated/α-hetero) is 1. The maximum absolute atomic E-state index is 12.6. The highest BCUT2D eigenvalue weighted by Crippen LogP contribution is 2.26. The van der Waals surface area contributed by atoms with Crippen molar-refractivity contribution in [1.82, 2.24) is 0 Å². The van der Waals surface area contributed by atoms with Crippen LogP contribution in [-0.2, 0) is 6.42 Å². The van der Waals surface area contributed by atoms with E-state index in [0.717, 1.165) is 42.4 Å². The van der Waals surface area contributed by atoms with Crippen LogP contribution in [0.2, 0.25) is 0 Å². The third-order valence-electron chi connectivity index (χ3n) is 3.45. The molecule has 1 aliphatic heterocycles. The molecule has 0 bridgehead atoms. The topological polar surface area (TPSA) is 29.4 Å². The fourth-order valence-corrected chi connectivity index (χ4v) is 2.54. The van der Waals surface area contributed by atoms with Gasteiger partial charge >= 0.3 is 0 Å². The first kappa shape index (κ1) is 11.1. The Kier molecular flexibility index (Phi) is 2.93. The number of ketones is 1. The van der Waals surface area contributed by atoms with E-state index >= 15 is 0 Å². The van der Waals surface area contributed by atoms with Crippen molar-refractivity contribution in [3.05, 3.63) is 58.8 Å². The lowest BCUT2D eigenvalue weighted by molar-refractivity contribution is 0.103. The van der Waals surface area contributed by atoms with E-state index in [2.05, 4.69) is 23.2 Å². The SMILES string of the molecule is O=C1C2=C(C=CCC=N2)CCCc2ccccc21. The molecule has 1 heterocycles. The summed E-state index contributed by atoms with van der Waals surface area (Å²) in [6.07, 6.45) is 9.74. The highest BCUT2D eigenvalue weighted by molar-refractivity contribution is 6.11. The van der Waals surface area contributed by atoms with Crippen LogP contribution in [0.25, 0.3) is 0 Å². The fourth-order valence-electron chi connectivity index (χ4n) is 2.54. The molecule has 18 heavy (non-hydrogen) atoms. The van der Waals surface area contributed by atoms with Crippen LogP contribution in [0.3, 0.4) is 0 Å². The zero-order valence-electron chi connectivity index (χ0n) is 10.2. The van der Waals surface area contributed by atoms with E-state index in [9.17, 15) is 4.79 Å². The zero-order chi connectivity index (χ0) is 12.4. The predicted octanol–water partition coefficient (Wildman–Crippen LogP) is 3.49. The standard InChI is InChI=1S/C16H15NO/c18-16-14-10-2-1-6-12(14)8-5-9-13-7-3-4-11-17-15(13)16/h1-3,6-7,10-11H,4-5,8-9H2. The van der Waals surface area contributed by atoms with E-state index in [1.807, 2.05) is 24.4 Å².